The molecule has 2 N–H and O–H groups in total. The van der Waals surface area contributed by atoms with Gasteiger partial charge in [0.2, 0.25) is 11.8 Å². The highest BCUT2D eigenvalue weighted by Crippen LogP contribution is 2.25. The SMILES string of the molecule is Cc1nonc1CC(=O)N1CCOC(COc2ccc(Cl)cc2)(CC(N)=O)C1. The molecule has 0 spiro atoms. The zero-order valence-electron chi connectivity index (χ0n) is 15.4. The van der Waals surface area contributed by atoms with Gasteiger partial charge in [-0.1, -0.05) is 21.9 Å². The van der Waals surface area contributed by atoms with Gasteiger partial charge in [-0.3, -0.25) is 9.59 Å². The maximum absolute atomic E-state index is 12.7. The van der Waals surface area contributed by atoms with Crippen molar-refractivity contribution in [3.05, 3.63) is 40.7 Å². The van der Waals surface area contributed by atoms with Gasteiger partial charge in [0.1, 0.15) is 29.3 Å². The van der Waals surface area contributed by atoms with Crippen molar-refractivity contribution in [2.75, 3.05) is 26.3 Å². The summed E-state index contributed by atoms with van der Waals surface area (Å²) in [5.74, 6) is -0.127. The summed E-state index contributed by atoms with van der Waals surface area (Å²) in [5, 5.41) is 8.01. The number of hydrogen-bond acceptors (Lipinski definition) is 7. The van der Waals surface area contributed by atoms with Crippen molar-refractivity contribution in [1.82, 2.24) is 15.2 Å². The van der Waals surface area contributed by atoms with Crippen LogP contribution in [0.2, 0.25) is 5.02 Å². The number of halogens is 1. The van der Waals surface area contributed by atoms with E-state index >= 15 is 0 Å². The number of aryl methyl sites for hydroxylation is 1. The Bertz CT molecular complexity index is 841. The first kappa shape index (κ1) is 20.1. The molecule has 9 nitrogen and oxygen atoms in total. The Morgan fingerprint density at radius 2 is 2.07 bits per heavy atom. The molecule has 1 aliphatic heterocycles. The number of ether oxygens (including phenoxy) is 2. The monoisotopic (exact) mass is 408 g/mol. The minimum absolute atomic E-state index is 0.0556. The van der Waals surface area contributed by atoms with E-state index < -0.39 is 11.5 Å². The first-order valence-corrected chi connectivity index (χ1v) is 9.11. The molecule has 0 aliphatic carbocycles. The second-order valence-corrected chi connectivity index (χ2v) is 7.14. The fourth-order valence-electron chi connectivity index (χ4n) is 3.03. The molecule has 1 aliphatic rings. The van der Waals surface area contributed by atoms with Crippen molar-refractivity contribution in [3.8, 4) is 5.75 Å². The van der Waals surface area contributed by atoms with Crippen LogP contribution in [0.15, 0.2) is 28.9 Å². The van der Waals surface area contributed by atoms with E-state index in [0.717, 1.165) is 0 Å². The van der Waals surface area contributed by atoms with Crippen molar-refractivity contribution in [1.29, 1.82) is 0 Å². The summed E-state index contributed by atoms with van der Waals surface area (Å²) in [6.45, 7) is 2.61. The van der Waals surface area contributed by atoms with E-state index in [4.69, 9.17) is 26.8 Å². The van der Waals surface area contributed by atoms with Crippen LogP contribution in [0.25, 0.3) is 0 Å². The number of primary amides is 1. The number of amides is 2. The summed E-state index contributed by atoms with van der Waals surface area (Å²) in [6.07, 6.45) is -0.0189. The molecule has 0 bridgehead atoms. The van der Waals surface area contributed by atoms with E-state index in [0.29, 0.717) is 28.7 Å². The normalized spacial score (nSPS) is 19.4. The molecule has 0 radical (unpaired) electrons. The van der Waals surface area contributed by atoms with E-state index in [-0.39, 0.29) is 38.5 Å². The molecule has 1 unspecified atom stereocenters. The highest BCUT2D eigenvalue weighted by Gasteiger charge is 2.41. The first-order valence-electron chi connectivity index (χ1n) is 8.73. The van der Waals surface area contributed by atoms with E-state index in [1.165, 1.54) is 0 Å². The Morgan fingerprint density at radius 1 is 1.32 bits per heavy atom. The molecule has 3 rings (SSSR count). The van der Waals surface area contributed by atoms with Crippen LogP contribution in [0.3, 0.4) is 0 Å². The average Bonchev–Trinajstić information content (AvgIpc) is 3.05. The van der Waals surface area contributed by atoms with E-state index in [1.54, 1.807) is 36.1 Å². The molecular weight excluding hydrogens is 388 g/mol. The standard InChI is InChI=1S/C18H21ClN4O5/c1-12-15(22-28-21-12)8-17(25)23-6-7-27-18(10-23,9-16(20)24)11-26-14-4-2-13(19)3-5-14/h2-5H,6-11H2,1H3,(H2,20,24). The van der Waals surface area contributed by atoms with Crippen LogP contribution in [-0.4, -0.2) is 58.9 Å². The van der Waals surface area contributed by atoms with Crippen molar-refractivity contribution in [2.24, 2.45) is 5.73 Å². The van der Waals surface area contributed by atoms with Gasteiger partial charge < -0.3 is 20.1 Å². The maximum atomic E-state index is 12.7. The quantitative estimate of drug-likeness (QED) is 0.728. The van der Waals surface area contributed by atoms with Gasteiger partial charge in [0, 0.05) is 11.6 Å². The number of rotatable bonds is 7. The van der Waals surface area contributed by atoms with E-state index in [2.05, 4.69) is 14.9 Å². The van der Waals surface area contributed by atoms with Gasteiger partial charge in [-0.25, -0.2) is 4.63 Å². The number of nitrogens with zero attached hydrogens (tertiary/aromatic N) is 3. The van der Waals surface area contributed by atoms with Gasteiger partial charge in [-0.2, -0.15) is 0 Å². The van der Waals surface area contributed by atoms with Crippen molar-refractivity contribution in [2.45, 2.75) is 25.4 Å². The van der Waals surface area contributed by atoms with E-state index in [9.17, 15) is 9.59 Å². The van der Waals surface area contributed by atoms with Crippen molar-refractivity contribution >= 4 is 23.4 Å². The maximum Gasteiger partial charge on any atom is 0.228 e. The lowest BCUT2D eigenvalue weighted by Crippen LogP contribution is -2.58. The molecular formula is C18H21ClN4O5. The number of carbonyl (C=O) groups excluding carboxylic acids is 2. The zero-order valence-corrected chi connectivity index (χ0v) is 16.1. The number of benzene rings is 1. The molecule has 150 valence electrons. The molecule has 28 heavy (non-hydrogen) atoms. The molecule has 1 aromatic heterocycles. The third-order valence-corrected chi connectivity index (χ3v) is 4.73. The number of aromatic nitrogens is 2. The van der Waals surface area contributed by atoms with Gasteiger partial charge in [0.05, 0.1) is 26.0 Å². The summed E-state index contributed by atoms with van der Waals surface area (Å²) in [4.78, 5) is 26.0. The van der Waals surface area contributed by atoms with Gasteiger partial charge in [0.25, 0.3) is 0 Å². The minimum atomic E-state index is -1.03. The Kier molecular flexibility index (Phi) is 6.15. The summed E-state index contributed by atoms with van der Waals surface area (Å²) in [6, 6.07) is 6.83. The fraction of sp³-hybridized carbons (Fsp3) is 0.444. The van der Waals surface area contributed by atoms with Crippen LogP contribution >= 0.6 is 11.6 Å². The third-order valence-electron chi connectivity index (χ3n) is 4.48. The van der Waals surface area contributed by atoms with Crippen LogP contribution in [0.1, 0.15) is 17.8 Å². The molecule has 2 amide bonds. The number of carbonyl (C=O) groups is 2. The van der Waals surface area contributed by atoms with Crippen LogP contribution < -0.4 is 10.5 Å². The summed E-state index contributed by atoms with van der Waals surface area (Å²) in [7, 11) is 0. The number of nitrogens with two attached hydrogens (primary N) is 1. The topological polar surface area (TPSA) is 121 Å². The fourth-order valence-corrected chi connectivity index (χ4v) is 3.16. The first-order chi connectivity index (χ1) is 13.4. The predicted molar refractivity (Wildman–Crippen MR) is 98.8 cm³/mol. The van der Waals surface area contributed by atoms with Gasteiger partial charge in [-0.15, -0.1) is 0 Å². The largest absolute Gasteiger partial charge is 0.490 e. The second-order valence-electron chi connectivity index (χ2n) is 6.71. The molecule has 2 heterocycles. The van der Waals surface area contributed by atoms with E-state index in [1.807, 2.05) is 0 Å². The summed E-state index contributed by atoms with van der Waals surface area (Å²) in [5.41, 5.74) is 5.44. The van der Waals surface area contributed by atoms with Gasteiger partial charge in [-0.05, 0) is 31.2 Å². The lowest BCUT2D eigenvalue weighted by molar-refractivity contribution is -0.161. The molecule has 0 saturated carbocycles. The van der Waals surface area contributed by atoms with Crippen LogP contribution in [-0.2, 0) is 20.7 Å². The van der Waals surface area contributed by atoms with Crippen LogP contribution in [0.5, 0.6) is 5.75 Å². The molecule has 2 aromatic rings. The lowest BCUT2D eigenvalue weighted by atomic mass is 9.97. The lowest BCUT2D eigenvalue weighted by Gasteiger charge is -2.41. The molecule has 1 atom stereocenters. The minimum Gasteiger partial charge on any atom is -0.490 e. The van der Waals surface area contributed by atoms with Gasteiger partial charge in [0.15, 0.2) is 0 Å². The van der Waals surface area contributed by atoms with Crippen molar-refractivity contribution < 1.29 is 23.7 Å². The Morgan fingerprint density at radius 3 is 2.71 bits per heavy atom. The number of morpholine rings is 1. The number of hydrogen-bond donors (Lipinski definition) is 1. The molecule has 10 heteroatoms. The highest BCUT2D eigenvalue weighted by molar-refractivity contribution is 6.30. The van der Waals surface area contributed by atoms with Crippen molar-refractivity contribution in [3.63, 3.8) is 0 Å². The van der Waals surface area contributed by atoms with Crippen LogP contribution in [0.4, 0.5) is 0 Å². The smallest absolute Gasteiger partial charge is 0.228 e. The average molecular weight is 409 g/mol. The Balaban J connectivity index is 1.70. The van der Waals surface area contributed by atoms with Gasteiger partial charge >= 0.3 is 0 Å². The molecule has 1 aromatic carbocycles. The van der Waals surface area contributed by atoms with Crippen LogP contribution in [0, 0.1) is 6.92 Å². The second kappa shape index (κ2) is 8.57. The third kappa shape index (κ3) is 4.99. The molecule has 1 fully saturated rings. The Hall–Kier alpha value is -2.65. The zero-order chi connectivity index (χ0) is 20.1. The Labute approximate surface area is 166 Å². The molecule has 1 saturated heterocycles. The summed E-state index contributed by atoms with van der Waals surface area (Å²) >= 11 is 5.88. The highest BCUT2D eigenvalue weighted by atomic mass is 35.5. The summed E-state index contributed by atoms with van der Waals surface area (Å²) < 4.78 is 16.3. The predicted octanol–water partition coefficient (Wildman–Crippen LogP) is 1.13.